The highest BCUT2D eigenvalue weighted by Crippen LogP contribution is 2.27. The van der Waals surface area contributed by atoms with E-state index >= 15 is 0 Å². The number of aryl methyl sites for hydroxylation is 1. The number of ether oxygens (including phenoxy) is 1. The van der Waals surface area contributed by atoms with Crippen LogP contribution in [0.5, 0.6) is 0 Å². The molecule has 2 heterocycles. The maximum Gasteiger partial charge on any atom is 0.357 e. The zero-order chi connectivity index (χ0) is 20.7. The summed E-state index contributed by atoms with van der Waals surface area (Å²) >= 11 is 0. The first-order chi connectivity index (χ1) is 13.9. The second kappa shape index (κ2) is 7.08. The van der Waals surface area contributed by atoms with Gasteiger partial charge in [-0.25, -0.2) is 18.0 Å². The number of carbonyl (C=O) groups is 1. The number of esters is 1. The first-order valence-corrected chi connectivity index (χ1v) is 8.59. The zero-order valence-corrected chi connectivity index (χ0v) is 15.5. The van der Waals surface area contributed by atoms with E-state index in [4.69, 9.17) is 4.74 Å². The highest BCUT2D eigenvalue weighted by molar-refractivity contribution is 6.02. The summed E-state index contributed by atoms with van der Waals surface area (Å²) < 4.78 is 50.5. The van der Waals surface area contributed by atoms with Crippen molar-refractivity contribution < 1.29 is 22.7 Å². The van der Waals surface area contributed by atoms with Crippen molar-refractivity contribution in [1.82, 2.24) is 19.6 Å². The third-order valence-corrected chi connectivity index (χ3v) is 4.58. The van der Waals surface area contributed by atoms with Crippen molar-refractivity contribution in [2.45, 2.75) is 6.54 Å². The number of benzene rings is 2. The number of rotatable bonds is 4. The summed E-state index contributed by atoms with van der Waals surface area (Å²) in [6.07, 6.45) is 3.35. The molecule has 0 amide bonds. The van der Waals surface area contributed by atoms with Gasteiger partial charge in [0.2, 0.25) is 0 Å². The van der Waals surface area contributed by atoms with Gasteiger partial charge >= 0.3 is 5.97 Å². The van der Waals surface area contributed by atoms with Gasteiger partial charge in [0.05, 0.1) is 25.2 Å². The van der Waals surface area contributed by atoms with Gasteiger partial charge in [0, 0.05) is 24.4 Å². The number of hydrogen-bond acceptors (Lipinski definition) is 4. The van der Waals surface area contributed by atoms with Crippen LogP contribution in [0.3, 0.4) is 0 Å². The normalized spacial score (nSPS) is 11.2. The molecule has 0 atom stereocenters. The summed E-state index contributed by atoms with van der Waals surface area (Å²) in [7, 11) is 2.87. The predicted molar refractivity (Wildman–Crippen MR) is 98.7 cm³/mol. The molecule has 6 nitrogen and oxygen atoms in total. The van der Waals surface area contributed by atoms with E-state index in [1.165, 1.54) is 12.1 Å². The number of halogens is 3. The van der Waals surface area contributed by atoms with Crippen molar-refractivity contribution in [3.8, 4) is 11.1 Å². The first kappa shape index (κ1) is 18.7. The van der Waals surface area contributed by atoms with Gasteiger partial charge in [-0.05, 0) is 23.8 Å². The standard InChI is InChI=1S/C20H15F3N4O2/c1-26-9-13(8-24-26)11-3-4-12(16(23)7-11)10-27-19(20(28)29-2)17-14(21)5-6-15(22)18(17)25-27/h3-9H,10H2,1-2H3. The second-order valence-corrected chi connectivity index (χ2v) is 6.46. The molecule has 0 aliphatic carbocycles. The van der Waals surface area contributed by atoms with Gasteiger partial charge in [0.25, 0.3) is 0 Å². The van der Waals surface area contributed by atoms with Crippen LogP contribution in [-0.2, 0) is 18.3 Å². The summed E-state index contributed by atoms with van der Waals surface area (Å²) in [4.78, 5) is 12.2. The molecule has 0 radical (unpaired) electrons. The van der Waals surface area contributed by atoms with E-state index in [2.05, 4.69) is 10.2 Å². The Bertz CT molecular complexity index is 1250. The summed E-state index contributed by atoms with van der Waals surface area (Å²) in [6, 6.07) is 6.36. The minimum atomic E-state index is -0.899. The number of hydrogen-bond donors (Lipinski definition) is 0. The molecule has 2 aromatic carbocycles. The van der Waals surface area contributed by atoms with Gasteiger partial charge < -0.3 is 4.74 Å². The third kappa shape index (κ3) is 3.24. The molecule has 29 heavy (non-hydrogen) atoms. The Morgan fingerprint density at radius 3 is 2.48 bits per heavy atom. The molecule has 2 aromatic heterocycles. The smallest absolute Gasteiger partial charge is 0.357 e. The topological polar surface area (TPSA) is 61.9 Å². The Morgan fingerprint density at radius 2 is 1.83 bits per heavy atom. The summed E-state index contributed by atoms with van der Waals surface area (Å²) in [5.74, 6) is -3.06. The Morgan fingerprint density at radius 1 is 1.07 bits per heavy atom. The lowest BCUT2D eigenvalue weighted by atomic mass is 10.1. The first-order valence-electron chi connectivity index (χ1n) is 8.59. The fourth-order valence-corrected chi connectivity index (χ4v) is 3.17. The summed E-state index contributed by atoms with van der Waals surface area (Å²) in [5.41, 5.74) is 0.946. The number of nitrogens with zero attached hydrogens (tertiary/aromatic N) is 4. The van der Waals surface area contributed by atoms with E-state index in [1.807, 2.05) is 0 Å². The fourth-order valence-electron chi connectivity index (χ4n) is 3.17. The molecule has 0 aliphatic rings. The van der Waals surface area contributed by atoms with Crippen LogP contribution in [0.25, 0.3) is 22.0 Å². The Balaban J connectivity index is 1.79. The van der Waals surface area contributed by atoms with Crippen LogP contribution < -0.4 is 0 Å². The largest absolute Gasteiger partial charge is 0.464 e. The summed E-state index contributed by atoms with van der Waals surface area (Å²) in [5, 5.41) is 7.73. The molecule has 0 N–H and O–H groups in total. The maximum absolute atomic E-state index is 14.7. The molecule has 0 spiro atoms. The zero-order valence-electron chi connectivity index (χ0n) is 15.5. The Kier molecular flexibility index (Phi) is 4.57. The Labute approximate surface area is 163 Å². The van der Waals surface area contributed by atoms with E-state index in [-0.39, 0.29) is 28.7 Å². The van der Waals surface area contributed by atoms with Crippen molar-refractivity contribution in [3.63, 3.8) is 0 Å². The number of carbonyl (C=O) groups excluding carboxylic acids is 1. The third-order valence-electron chi connectivity index (χ3n) is 4.58. The molecule has 4 aromatic rings. The highest BCUT2D eigenvalue weighted by Gasteiger charge is 2.25. The van der Waals surface area contributed by atoms with E-state index in [0.717, 1.165) is 29.5 Å². The van der Waals surface area contributed by atoms with E-state index in [0.29, 0.717) is 5.56 Å². The van der Waals surface area contributed by atoms with Crippen molar-refractivity contribution in [3.05, 3.63) is 71.4 Å². The molecule has 0 aliphatic heterocycles. The van der Waals surface area contributed by atoms with Gasteiger partial charge in [-0.1, -0.05) is 12.1 Å². The molecular weight excluding hydrogens is 385 g/mol. The highest BCUT2D eigenvalue weighted by atomic mass is 19.1. The monoisotopic (exact) mass is 400 g/mol. The summed E-state index contributed by atoms with van der Waals surface area (Å²) in [6.45, 7) is -0.211. The molecule has 0 saturated carbocycles. The lowest BCUT2D eigenvalue weighted by Crippen LogP contribution is -2.14. The molecule has 0 fully saturated rings. The Hall–Kier alpha value is -3.62. The van der Waals surface area contributed by atoms with Crippen LogP contribution in [0.1, 0.15) is 16.1 Å². The van der Waals surface area contributed by atoms with Crippen LogP contribution in [0.2, 0.25) is 0 Å². The lowest BCUT2D eigenvalue weighted by Gasteiger charge is -2.09. The molecule has 4 rings (SSSR count). The molecule has 0 unspecified atom stereocenters. The quantitative estimate of drug-likeness (QED) is 0.490. The minimum absolute atomic E-state index is 0.191. The van der Waals surface area contributed by atoms with Crippen molar-refractivity contribution in [1.29, 1.82) is 0 Å². The predicted octanol–water partition coefficient (Wildman–Crippen LogP) is 3.69. The van der Waals surface area contributed by atoms with Gasteiger partial charge in [-0.2, -0.15) is 10.2 Å². The maximum atomic E-state index is 14.7. The van der Waals surface area contributed by atoms with Crippen LogP contribution in [0.15, 0.2) is 42.7 Å². The molecule has 148 valence electrons. The number of methoxy groups -OCH3 is 1. The van der Waals surface area contributed by atoms with Crippen molar-refractivity contribution in [2.24, 2.45) is 7.05 Å². The number of aromatic nitrogens is 4. The van der Waals surface area contributed by atoms with Crippen LogP contribution in [0.4, 0.5) is 13.2 Å². The molecule has 0 bridgehead atoms. The van der Waals surface area contributed by atoms with Gasteiger partial charge in [0.1, 0.15) is 17.2 Å². The average Bonchev–Trinajstić information content (AvgIpc) is 3.30. The van der Waals surface area contributed by atoms with E-state index in [9.17, 15) is 18.0 Å². The molecule has 9 heteroatoms. The van der Waals surface area contributed by atoms with E-state index < -0.39 is 23.4 Å². The average molecular weight is 400 g/mol. The fraction of sp³-hybridized carbons (Fsp3) is 0.150. The van der Waals surface area contributed by atoms with Crippen LogP contribution in [-0.4, -0.2) is 32.6 Å². The molecule has 0 saturated heterocycles. The van der Waals surface area contributed by atoms with Gasteiger partial charge in [0.15, 0.2) is 11.5 Å². The SMILES string of the molecule is COC(=O)c1c2c(F)ccc(F)c2nn1Cc1ccc(-c2cnn(C)c2)cc1F. The molecular formula is C20H15F3N4O2. The van der Waals surface area contributed by atoms with Crippen molar-refractivity contribution in [2.75, 3.05) is 7.11 Å². The number of fused-ring (bicyclic) bond motifs is 1. The second-order valence-electron chi connectivity index (χ2n) is 6.46. The lowest BCUT2D eigenvalue weighted by molar-refractivity contribution is 0.0589. The minimum Gasteiger partial charge on any atom is -0.464 e. The van der Waals surface area contributed by atoms with Crippen molar-refractivity contribution >= 4 is 16.9 Å². The van der Waals surface area contributed by atoms with Crippen LogP contribution >= 0.6 is 0 Å². The van der Waals surface area contributed by atoms with E-state index in [1.54, 1.807) is 30.2 Å². The van der Waals surface area contributed by atoms with Crippen LogP contribution in [0, 0.1) is 17.5 Å². The van der Waals surface area contributed by atoms with Gasteiger partial charge in [-0.3, -0.25) is 9.36 Å². The van der Waals surface area contributed by atoms with Gasteiger partial charge in [-0.15, -0.1) is 0 Å².